The highest BCUT2D eigenvalue weighted by Crippen LogP contribution is 2.34. The topological polar surface area (TPSA) is 75.3 Å². The van der Waals surface area contributed by atoms with Gasteiger partial charge in [0.1, 0.15) is 0 Å². The summed E-state index contributed by atoms with van der Waals surface area (Å²) in [5.41, 5.74) is 0.659. The van der Waals surface area contributed by atoms with Gasteiger partial charge in [-0.25, -0.2) is 8.78 Å². The maximum atomic E-state index is 13.9. The summed E-state index contributed by atoms with van der Waals surface area (Å²) in [5.74, 6) is -2.56. The molecule has 0 unspecified atom stereocenters. The second kappa shape index (κ2) is 6.96. The highest BCUT2D eigenvalue weighted by atomic mass is 35.5. The van der Waals surface area contributed by atoms with Crippen molar-refractivity contribution in [3.05, 3.63) is 74.4 Å². The van der Waals surface area contributed by atoms with E-state index in [4.69, 9.17) is 16.3 Å². The molecule has 0 saturated heterocycles. The van der Waals surface area contributed by atoms with Crippen molar-refractivity contribution in [1.29, 1.82) is 0 Å². The first-order chi connectivity index (χ1) is 13.4. The monoisotopic (exact) mass is 405 g/mol. The van der Waals surface area contributed by atoms with Gasteiger partial charge in [-0.3, -0.25) is 14.6 Å². The summed E-state index contributed by atoms with van der Waals surface area (Å²) >= 11 is 5.91. The van der Waals surface area contributed by atoms with E-state index < -0.39 is 23.2 Å². The second-order valence-corrected chi connectivity index (χ2v) is 6.93. The maximum Gasteiger partial charge on any atom is 0.256 e. The average molecular weight is 406 g/mol. The number of hydrogen-bond acceptors (Lipinski definition) is 4. The van der Waals surface area contributed by atoms with Crippen molar-refractivity contribution in [2.24, 2.45) is 0 Å². The number of likely N-dealkylation sites (N-methyl/N-ethyl adjacent to an activating group) is 1. The first-order valence-electron chi connectivity index (χ1n) is 8.36. The van der Waals surface area contributed by atoms with E-state index in [1.165, 1.54) is 23.4 Å². The van der Waals surface area contributed by atoms with Crippen LogP contribution in [0, 0.1) is 11.6 Å². The predicted octanol–water partition coefficient (Wildman–Crippen LogP) is 3.20. The summed E-state index contributed by atoms with van der Waals surface area (Å²) in [6.45, 7) is 0.222. The van der Waals surface area contributed by atoms with Gasteiger partial charge in [0.25, 0.3) is 11.5 Å². The van der Waals surface area contributed by atoms with Crippen LogP contribution in [0.2, 0.25) is 5.02 Å². The molecule has 0 radical (unpaired) electrons. The number of carbonyl (C=O) groups is 1. The quantitative estimate of drug-likeness (QED) is 0.710. The van der Waals surface area contributed by atoms with Crippen LogP contribution in [-0.4, -0.2) is 34.4 Å². The third-order valence-corrected chi connectivity index (χ3v) is 4.99. The van der Waals surface area contributed by atoms with Crippen LogP contribution in [-0.2, 0) is 11.3 Å². The standard InChI is InChI=1S/C19H14ClF2N3O3/c1-25(19(27)9-2-10(20)6-23-5-9)16-8-28-7-15-17(16)11-3-13(21)14(22)4-12(11)18(26)24-15/h2-6,16H,7-8H2,1H3,(H,24,26)/t16-/m0/s1. The van der Waals surface area contributed by atoms with E-state index >= 15 is 0 Å². The van der Waals surface area contributed by atoms with E-state index in [0.29, 0.717) is 16.3 Å². The van der Waals surface area contributed by atoms with Gasteiger partial charge in [-0.1, -0.05) is 11.6 Å². The zero-order chi connectivity index (χ0) is 20.0. The molecule has 2 aromatic heterocycles. The number of fused-ring (bicyclic) bond motifs is 3. The lowest BCUT2D eigenvalue weighted by Gasteiger charge is -2.33. The molecule has 1 aliphatic heterocycles. The number of nitrogens with one attached hydrogen (secondary N) is 1. The Kier molecular flexibility index (Phi) is 4.60. The normalized spacial score (nSPS) is 16.1. The molecule has 0 fully saturated rings. The van der Waals surface area contributed by atoms with Crippen molar-refractivity contribution in [3.8, 4) is 0 Å². The molecular weight excluding hydrogens is 392 g/mol. The molecule has 144 valence electrons. The Hall–Kier alpha value is -2.84. The van der Waals surface area contributed by atoms with Crippen molar-refractivity contribution in [2.45, 2.75) is 12.6 Å². The number of aromatic amines is 1. The number of hydrogen-bond donors (Lipinski definition) is 1. The molecule has 3 heterocycles. The van der Waals surface area contributed by atoms with Gasteiger partial charge >= 0.3 is 0 Å². The molecular formula is C19H14ClF2N3O3. The number of amides is 1. The number of H-pyrrole nitrogens is 1. The molecule has 0 saturated carbocycles. The van der Waals surface area contributed by atoms with Crippen molar-refractivity contribution in [3.63, 3.8) is 0 Å². The molecule has 3 aromatic rings. The maximum absolute atomic E-state index is 13.9. The first kappa shape index (κ1) is 18.5. The molecule has 6 nitrogen and oxygen atoms in total. The summed E-state index contributed by atoms with van der Waals surface area (Å²) in [6, 6.07) is 2.70. The Labute approximate surface area is 162 Å². The first-order valence-corrected chi connectivity index (χ1v) is 8.74. The lowest BCUT2D eigenvalue weighted by molar-refractivity contribution is 0.0335. The number of benzene rings is 1. The van der Waals surface area contributed by atoms with Crippen LogP contribution in [0.3, 0.4) is 0 Å². The molecule has 1 aliphatic rings. The number of nitrogens with zero attached hydrogens (tertiary/aromatic N) is 2. The van der Waals surface area contributed by atoms with Crippen molar-refractivity contribution in [2.75, 3.05) is 13.7 Å². The minimum Gasteiger partial charge on any atom is -0.373 e. The Bertz CT molecular complexity index is 1170. The largest absolute Gasteiger partial charge is 0.373 e. The number of pyridine rings is 2. The Morgan fingerprint density at radius 1 is 1.25 bits per heavy atom. The van der Waals surface area contributed by atoms with E-state index in [-0.39, 0.29) is 35.5 Å². The molecule has 1 aromatic carbocycles. The Morgan fingerprint density at radius 3 is 2.68 bits per heavy atom. The number of rotatable bonds is 2. The number of halogens is 3. The average Bonchev–Trinajstić information content (AvgIpc) is 2.68. The molecule has 0 aliphatic carbocycles. The van der Waals surface area contributed by atoms with Crippen LogP contribution >= 0.6 is 11.6 Å². The van der Waals surface area contributed by atoms with Crippen LogP contribution in [0.15, 0.2) is 35.4 Å². The van der Waals surface area contributed by atoms with E-state index in [0.717, 1.165) is 12.1 Å². The fourth-order valence-electron chi connectivity index (χ4n) is 3.42. The molecule has 1 atom stereocenters. The fraction of sp³-hybridized carbons (Fsp3) is 0.211. The van der Waals surface area contributed by atoms with Gasteiger partial charge in [0, 0.05) is 30.7 Å². The predicted molar refractivity (Wildman–Crippen MR) is 98.2 cm³/mol. The summed E-state index contributed by atoms with van der Waals surface area (Å²) in [6.07, 6.45) is 2.79. The smallest absolute Gasteiger partial charge is 0.256 e. The molecule has 9 heteroatoms. The van der Waals surface area contributed by atoms with Gasteiger partial charge in [-0.05, 0) is 23.6 Å². The molecule has 1 amide bonds. The van der Waals surface area contributed by atoms with Crippen LogP contribution in [0.25, 0.3) is 10.8 Å². The van der Waals surface area contributed by atoms with Crippen molar-refractivity contribution in [1.82, 2.24) is 14.9 Å². The number of aromatic nitrogens is 2. The Balaban J connectivity index is 1.86. The lowest BCUT2D eigenvalue weighted by atomic mass is 9.95. The van der Waals surface area contributed by atoms with Gasteiger partial charge < -0.3 is 14.6 Å². The van der Waals surface area contributed by atoms with Crippen molar-refractivity contribution < 1.29 is 18.3 Å². The minimum absolute atomic E-state index is 0.00909. The van der Waals surface area contributed by atoms with Crippen LogP contribution < -0.4 is 5.56 Å². The fourth-order valence-corrected chi connectivity index (χ4v) is 3.60. The van der Waals surface area contributed by atoms with E-state index in [1.54, 1.807) is 7.05 Å². The van der Waals surface area contributed by atoms with E-state index in [2.05, 4.69) is 9.97 Å². The third kappa shape index (κ3) is 3.04. The highest BCUT2D eigenvalue weighted by molar-refractivity contribution is 6.30. The van der Waals surface area contributed by atoms with Gasteiger partial charge in [-0.2, -0.15) is 0 Å². The van der Waals surface area contributed by atoms with Crippen molar-refractivity contribution >= 4 is 28.3 Å². The molecule has 1 N–H and O–H groups in total. The minimum atomic E-state index is -1.11. The van der Waals surface area contributed by atoms with Gasteiger partial charge in [-0.15, -0.1) is 0 Å². The second-order valence-electron chi connectivity index (χ2n) is 6.50. The van der Waals surface area contributed by atoms with E-state index in [9.17, 15) is 18.4 Å². The summed E-state index contributed by atoms with van der Waals surface area (Å²) in [7, 11) is 1.56. The summed E-state index contributed by atoms with van der Waals surface area (Å²) in [5, 5.41) is 0.566. The van der Waals surface area contributed by atoms with Crippen LogP contribution in [0.1, 0.15) is 27.7 Å². The van der Waals surface area contributed by atoms with Gasteiger partial charge in [0.2, 0.25) is 0 Å². The number of ether oxygens (including phenoxy) is 1. The summed E-state index contributed by atoms with van der Waals surface area (Å²) < 4.78 is 33.1. The third-order valence-electron chi connectivity index (χ3n) is 4.78. The lowest BCUT2D eigenvalue weighted by Crippen LogP contribution is -2.37. The highest BCUT2D eigenvalue weighted by Gasteiger charge is 2.31. The molecule has 4 rings (SSSR count). The molecule has 28 heavy (non-hydrogen) atoms. The van der Waals surface area contributed by atoms with E-state index in [1.807, 2.05) is 0 Å². The number of carbonyl (C=O) groups excluding carboxylic acids is 1. The zero-order valence-electron chi connectivity index (χ0n) is 14.6. The van der Waals surface area contributed by atoms with Crippen LogP contribution in [0.4, 0.5) is 8.78 Å². The van der Waals surface area contributed by atoms with Gasteiger partial charge in [0.05, 0.1) is 35.2 Å². The molecule has 0 bridgehead atoms. The summed E-state index contributed by atoms with van der Waals surface area (Å²) in [4.78, 5) is 33.1. The SMILES string of the molecule is CN(C(=O)c1cncc(Cl)c1)[C@H]1COCc2[nH]c(=O)c3cc(F)c(F)cc3c21. The molecule has 0 spiro atoms. The van der Waals surface area contributed by atoms with Gasteiger partial charge in [0.15, 0.2) is 11.6 Å². The Morgan fingerprint density at radius 2 is 1.96 bits per heavy atom. The van der Waals surface area contributed by atoms with Crippen LogP contribution in [0.5, 0.6) is 0 Å². The zero-order valence-corrected chi connectivity index (χ0v) is 15.4.